The highest BCUT2D eigenvalue weighted by atomic mass is 16.9. The molecule has 0 radical (unpaired) electrons. The fourth-order valence-corrected chi connectivity index (χ4v) is 4.80. The first-order valence-electron chi connectivity index (χ1n) is 10.4. The van der Waals surface area contributed by atoms with Crippen LogP contribution >= 0.6 is 0 Å². The van der Waals surface area contributed by atoms with Crippen molar-refractivity contribution in [2.75, 3.05) is 6.54 Å². The summed E-state index contributed by atoms with van der Waals surface area (Å²) in [6.45, 7) is 7.90. The smallest absolute Gasteiger partial charge is 0.220 e. The largest absolute Gasteiger partial charge is 0.353 e. The third-order valence-corrected chi connectivity index (χ3v) is 5.95. The number of ether oxygens (including phenoxy) is 5. The van der Waals surface area contributed by atoms with E-state index in [9.17, 15) is 4.79 Å². The van der Waals surface area contributed by atoms with Crippen LogP contribution in [0.15, 0.2) is 0 Å². The highest BCUT2D eigenvalue weighted by Crippen LogP contribution is 2.43. The van der Waals surface area contributed by atoms with Gasteiger partial charge < -0.3 is 29.0 Å². The summed E-state index contributed by atoms with van der Waals surface area (Å²) in [5.41, 5.74) is 0. The van der Waals surface area contributed by atoms with Crippen LogP contribution in [0.2, 0.25) is 0 Å². The van der Waals surface area contributed by atoms with Gasteiger partial charge in [-0.25, -0.2) is 0 Å². The lowest BCUT2D eigenvalue weighted by Gasteiger charge is -2.37. The molecule has 7 nitrogen and oxygen atoms in total. The predicted molar refractivity (Wildman–Crippen MR) is 96.7 cm³/mol. The average molecular weight is 383 g/mol. The van der Waals surface area contributed by atoms with Gasteiger partial charge >= 0.3 is 0 Å². The number of nitrogens with one attached hydrogen (secondary N) is 1. The summed E-state index contributed by atoms with van der Waals surface area (Å²) >= 11 is 0. The number of carbonyl (C=O) groups is 1. The van der Waals surface area contributed by atoms with Crippen LogP contribution in [0.3, 0.4) is 0 Å². The SMILES string of the molecule is CC1(C)O[C@H]2[C@@H](O1)[C@@H](CNC(=O)CC1CCCCC1)O[C@@H]1OC(C)(C)O[C@@H]12. The van der Waals surface area contributed by atoms with Gasteiger partial charge in [0, 0.05) is 13.0 Å². The second kappa shape index (κ2) is 7.26. The van der Waals surface area contributed by atoms with Gasteiger partial charge in [-0.1, -0.05) is 19.3 Å². The highest BCUT2D eigenvalue weighted by molar-refractivity contribution is 5.76. The topological polar surface area (TPSA) is 75.3 Å². The van der Waals surface area contributed by atoms with Gasteiger partial charge in [-0.3, -0.25) is 4.79 Å². The van der Waals surface area contributed by atoms with Crippen LogP contribution in [-0.4, -0.2) is 54.7 Å². The molecule has 0 spiro atoms. The number of carbonyl (C=O) groups excluding carboxylic acids is 1. The Kier molecular flexibility index (Phi) is 5.27. The summed E-state index contributed by atoms with van der Waals surface area (Å²) < 4.78 is 30.2. The van der Waals surface area contributed by atoms with Crippen LogP contribution < -0.4 is 5.32 Å². The summed E-state index contributed by atoms with van der Waals surface area (Å²) in [5, 5.41) is 3.04. The van der Waals surface area contributed by atoms with E-state index in [2.05, 4.69) is 5.32 Å². The summed E-state index contributed by atoms with van der Waals surface area (Å²) in [4.78, 5) is 12.4. The van der Waals surface area contributed by atoms with Crippen molar-refractivity contribution in [2.45, 2.75) is 108 Å². The normalized spacial score (nSPS) is 40.4. The molecule has 1 amide bonds. The molecule has 0 unspecified atom stereocenters. The molecule has 3 aliphatic heterocycles. The molecule has 1 N–H and O–H groups in total. The molecule has 5 atom stereocenters. The fraction of sp³-hybridized carbons (Fsp3) is 0.950. The molecule has 7 heteroatoms. The maximum Gasteiger partial charge on any atom is 0.220 e. The average Bonchev–Trinajstić information content (AvgIpc) is 3.07. The highest BCUT2D eigenvalue weighted by Gasteiger charge is 2.60. The third kappa shape index (κ3) is 4.32. The van der Waals surface area contributed by atoms with E-state index in [0.29, 0.717) is 18.9 Å². The summed E-state index contributed by atoms with van der Waals surface area (Å²) in [6, 6.07) is 0. The minimum absolute atomic E-state index is 0.0891. The van der Waals surface area contributed by atoms with Crippen molar-refractivity contribution in [3.63, 3.8) is 0 Å². The molecule has 0 aromatic heterocycles. The van der Waals surface area contributed by atoms with Crippen molar-refractivity contribution >= 4 is 5.91 Å². The Morgan fingerprint density at radius 1 is 0.889 bits per heavy atom. The van der Waals surface area contributed by atoms with Crippen LogP contribution in [0.5, 0.6) is 0 Å². The second-order valence-electron chi connectivity index (χ2n) is 9.22. The van der Waals surface area contributed by atoms with E-state index in [-0.39, 0.29) is 30.3 Å². The minimum atomic E-state index is -0.727. The van der Waals surface area contributed by atoms with Gasteiger partial charge in [-0.15, -0.1) is 0 Å². The maximum atomic E-state index is 12.4. The second-order valence-corrected chi connectivity index (χ2v) is 9.22. The van der Waals surface area contributed by atoms with Gasteiger partial charge in [0.15, 0.2) is 17.9 Å². The van der Waals surface area contributed by atoms with Crippen molar-refractivity contribution in [3.8, 4) is 0 Å². The van der Waals surface area contributed by atoms with E-state index in [1.807, 2.05) is 27.7 Å². The Hall–Kier alpha value is -0.730. The van der Waals surface area contributed by atoms with Gasteiger partial charge in [0.1, 0.15) is 24.4 Å². The molecule has 1 saturated carbocycles. The van der Waals surface area contributed by atoms with Gasteiger partial charge in [-0.2, -0.15) is 0 Å². The lowest BCUT2D eigenvalue weighted by Crippen LogP contribution is -2.57. The Balaban J connectivity index is 1.37. The lowest BCUT2D eigenvalue weighted by molar-refractivity contribution is -0.232. The van der Waals surface area contributed by atoms with Gasteiger partial charge in [0.05, 0.1) is 0 Å². The fourth-order valence-electron chi connectivity index (χ4n) is 4.80. The van der Waals surface area contributed by atoms with E-state index in [1.165, 1.54) is 19.3 Å². The van der Waals surface area contributed by atoms with Crippen LogP contribution in [0.25, 0.3) is 0 Å². The molecule has 4 fully saturated rings. The molecule has 4 aliphatic rings. The Labute approximate surface area is 161 Å². The van der Waals surface area contributed by atoms with E-state index in [4.69, 9.17) is 23.7 Å². The molecule has 154 valence electrons. The van der Waals surface area contributed by atoms with Crippen LogP contribution in [-0.2, 0) is 28.5 Å². The first-order chi connectivity index (χ1) is 12.7. The predicted octanol–water partition coefficient (Wildman–Crippen LogP) is 2.47. The van der Waals surface area contributed by atoms with E-state index in [0.717, 1.165) is 12.8 Å². The van der Waals surface area contributed by atoms with E-state index >= 15 is 0 Å². The molecule has 3 saturated heterocycles. The van der Waals surface area contributed by atoms with Gasteiger partial charge in [0.25, 0.3) is 0 Å². The molecule has 1 aliphatic carbocycles. The van der Waals surface area contributed by atoms with Crippen molar-refractivity contribution in [2.24, 2.45) is 5.92 Å². The minimum Gasteiger partial charge on any atom is -0.353 e. The first-order valence-corrected chi connectivity index (χ1v) is 10.4. The van der Waals surface area contributed by atoms with Crippen molar-refractivity contribution in [3.05, 3.63) is 0 Å². The Morgan fingerprint density at radius 2 is 1.52 bits per heavy atom. The molecule has 4 rings (SSSR count). The quantitative estimate of drug-likeness (QED) is 0.804. The molecule has 0 bridgehead atoms. The number of hydrogen-bond acceptors (Lipinski definition) is 6. The van der Waals surface area contributed by atoms with Crippen LogP contribution in [0.4, 0.5) is 0 Å². The Morgan fingerprint density at radius 3 is 2.26 bits per heavy atom. The number of amides is 1. The number of fused-ring (bicyclic) bond motifs is 3. The van der Waals surface area contributed by atoms with Gasteiger partial charge in [-0.05, 0) is 46.5 Å². The standard InChI is InChI=1S/C20H33NO6/c1-19(2)24-15-13(11-21-14(22)10-12-8-6-5-7-9-12)23-18-17(16(15)25-19)26-20(3,4)27-18/h12-13,15-18H,5-11H2,1-4H3,(H,21,22)/t13-,15+,16+,17-,18-/m1/s1. The molecular weight excluding hydrogens is 350 g/mol. The maximum absolute atomic E-state index is 12.4. The van der Waals surface area contributed by atoms with Crippen molar-refractivity contribution in [1.82, 2.24) is 5.32 Å². The van der Waals surface area contributed by atoms with E-state index < -0.39 is 17.9 Å². The molecule has 3 heterocycles. The number of hydrogen-bond donors (Lipinski definition) is 1. The van der Waals surface area contributed by atoms with Crippen LogP contribution in [0, 0.1) is 5.92 Å². The molecule has 0 aromatic rings. The van der Waals surface area contributed by atoms with E-state index in [1.54, 1.807) is 0 Å². The molecular formula is C20H33NO6. The zero-order valence-corrected chi connectivity index (χ0v) is 16.9. The zero-order chi connectivity index (χ0) is 19.2. The Bertz CT molecular complexity index is 559. The third-order valence-electron chi connectivity index (χ3n) is 5.95. The number of rotatable bonds is 4. The summed E-state index contributed by atoms with van der Waals surface area (Å²) in [5.74, 6) is -0.838. The lowest BCUT2D eigenvalue weighted by atomic mass is 9.87. The first kappa shape index (κ1) is 19.6. The summed E-state index contributed by atoms with van der Waals surface area (Å²) in [6.07, 6.45) is 4.95. The monoisotopic (exact) mass is 383 g/mol. The van der Waals surface area contributed by atoms with Gasteiger partial charge in [0.2, 0.25) is 5.91 Å². The van der Waals surface area contributed by atoms with Crippen molar-refractivity contribution in [1.29, 1.82) is 0 Å². The zero-order valence-electron chi connectivity index (χ0n) is 16.9. The van der Waals surface area contributed by atoms with Crippen molar-refractivity contribution < 1.29 is 28.5 Å². The summed E-state index contributed by atoms with van der Waals surface area (Å²) in [7, 11) is 0. The van der Waals surface area contributed by atoms with Crippen LogP contribution in [0.1, 0.15) is 66.2 Å². The molecule has 0 aromatic carbocycles. The molecule has 27 heavy (non-hydrogen) atoms.